The zero-order chi connectivity index (χ0) is 16.9. The Morgan fingerprint density at radius 1 is 1.00 bits per heavy atom. The van der Waals surface area contributed by atoms with Gasteiger partial charge < -0.3 is 4.42 Å². The summed E-state index contributed by atoms with van der Waals surface area (Å²) in [4.78, 5) is 10.9. The van der Waals surface area contributed by atoms with Crippen molar-refractivity contribution >= 4 is 16.3 Å². The van der Waals surface area contributed by atoms with Crippen LogP contribution in [0.25, 0.3) is 11.3 Å². The van der Waals surface area contributed by atoms with Crippen molar-refractivity contribution in [3.63, 3.8) is 0 Å². The van der Waals surface area contributed by atoms with Gasteiger partial charge >= 0.3 is 0 Å². The van der Waals surface area contributed by atoms with Gasteiger partial charge in [-0.2, -0.15) is 4.31 Å². The van der Waals surface area contributed by atoms with E-state index in [-0.39, 0.29) is 10.7 Å². The Morgan fingerprint density at radius 3 is 2.09 bits per heavy atom. The van der Waals surface area contributed by atoms with E-state index in [2.05, 4.69) is 0 Å². The number of benzene rings is 1. The molecule has 0 bridgehead atoms. The summed E-state index contributed by atoms with van der Waals surface area (Å²) in [6, 6.07) is 9.80. The van der Waals surface area contributed by atoms with E-state index in [1.807, 2.05) is 13.8 Å². The van der Waals surface area contributed by atoms with Crippen molar-refractivity contribution in [1.82, 2.24) is 4.31 Å². The lowest BCUT2D eigenvalue weighted by Gasteiger charge is -2.21. The average Bonchev–Trinajstić information content (AvgIpc) is 3.04. The molecule has 0 saturated heterocycles. The molecule has 0 fully saturated rings. The number of hydrogen-bond acceptors (Lipinski definition) is 4. The fraction of sp³-hybridized carbons (Fsp3) is 0.353. The van der Waals surface area contributed by atoms with Gasteiger partial charge in [0.1, 0.15) is 5.76 Å². The maximum atomic E-state index is 12.7. The standard InChI is InChI=1S/C17H21NO4S/c1-3-11-18(12-4-2)23(20,21)16-8-5-14(6-9-16)17-10-7-15(13-19)22-17/h5-10,13H,3-4,11-12H2,1-2H3. The van der Waals surface area contributed by atoms with Gasteiger partial charge in [-0.05, 0) is 49.2 Å². The predicted octanol–water partition coefficient (Wildman–Crippen LogP) is 3.57. The lowest BCUT2D eigenvalue weighted by Crippen LogP contribution is -2.32. The van der Waals surface area contributed by atoms with Crippen molar-refractivity contribution in [1.29, 1.82) is 0 Å². The van der Waals surface area contributed by atoms with Crippen LogP contribution in [-0.2, 0) is 10.0 Å². The van der Waals surface area contributed by atoms with E-state index in [0.29, 0.717) is 25.1 Å². The van der Waals surface area contributed by atoms with E-state index in [1.165, 1.54) is 4.31 Å². The third kappa shape index (κ3) is 3.89. The van der Waals surface area contributed by atoms with Crippen LogP contribution in [0.2, 0.25) is 0 Å². The summed E-state index contributed by atoms with van der Waals surface area (Å²) < 4.78 is 32.2. The summed E-state index contributed by atoms with van der Waals surface area (Å²) in [6.45, 7) is 4.95. The number of sulfonamides is 1. The van der Waals surface area contributed by atoms with Crippen LogP contribution in [0.15, 0.2) is 45.7 Å². The first-order valence-electron chi connectivity index (χ1n) is 7.68. The SMILES string of the molecule is CCCN(CCC)S(=O)(=O)c1ccc(-c2ccc(C=O)o2)cc1. The van der Waals surface area contributed by atoms with Crippen LogP contribution in [0, 0.1) is 0 Å². The smallest absolute Gasteiger partial charge is 0.243 e. The van der Waals surface area contributed by atoms with Crippen LogP contribution >= 0.6 is 0 Å². The molecule has 1 aromatic heterocycles. The van der Waals surface area contributed by atoms with Gasteiger partial charge in [0.05, 0.1) is 4.90 Å². The summed E-state index contributed by atoms with van der Waals surface area (Å²) in [7, 11) is -3.48. The molecular weight excluding hydrogens is 314 g/mol. The van der Waals surface area contributed by atoms with E-state index >= 15 is 0 Å². The van der Waals surface area contributed by atoms with Crippen LogP contribution in [0.1, 0.15) is 37.2 Å². The summed E-state index contributed by atoms with van der Waals surface area (Å²) in [5, 5.41) is 0. The first-order chi connectivity index (χ1) is 11.0. The van der Waals surface area contributed by atoms with Crippen LogP contribution in [0.3, 0.4) is 0 Å². The van der Waals surface area contributed by atoms with Crippen molar-refractivity contribution in [2.75, 3.05) is 13.1 Å². The first kappa shape index (κ1) is 17.4. The van der Waals surface area contributed by atoms with Crippen LogP contribution in [0.5, 0.6) is 0 Å². The lowest BCUT2D eigenvalue weighted by molar-refractivity contribution is 0.110. The topological polar surface area (TPSA) is 67.6 Å². The molecular formula is C17H21NO4S. The highest BCUT2D eigenvalue weighted by Crippen LogP contribution is 2.24. The monoisotopic (exact) mass is 335 g/mol. The number of rotatable bonds is 8. The fourth-order valence-corrected chi connectivity index (χ4v) is 3.99. The maximum absolute atomic E-state index is 12.7. The first-order valence-corrected chi connectivity index (χ1v) is 9.12. The minimum Gasteiger partial charge on any atom is -0.453 e. The second-order valence-electron chi connectivity index (χ2n) is 5.25. The molecule has 23 heavy (non-hydrogen) atoms. The van der Waals surface area contributed by atoms with Gasteiger partial charge in [0.15, 0.2) is 12.0 Å². The highest BCUT2D eigenvalue weighted by Gasteiger charge is 2.23. The molecule has 0 aliphatic heterocycles. The molecule has 0 atom stereocenters. The van der Waals surface area contributed by atoms with E-state index in [4.69, 9.17) is 4.42 Å². The van der Waals surface area contributed by atoms with Gasteiger partial charge in [0.25, 0.3) is 0 Å². The largest absolute Gasteiger partial charge is 0.453 e. The Bertz CT molecular complexity index is 741. The zero-order valence-corrected chi connectivity index (χ0v) is 14.2. The Kier molecular flexibility index (Phi) is 5.74. The highest BCUT2D eigenvalue weighted by atomic mass is 32.2. The van der Waals surface area contributed by atoms with E-state index in [9.17, 15) is 13.2 Å². The van der Waals surface area contributed by atoms with E-state index in [0.717, 1.165) is 18.4 Å². The molecule has 0 N–H and O–H groups in total. The Labute approximate surface area is 137 Å². The summed E-state index contributed by atoms with van der Waals surface area (Å²) in [5.74, 6) is 0.781. The van der Waals surface area contributed by atoms with Crippen LogP contribution in [0.4, 0.5) is 0 Å². The number of hydrogen-bond donors (Lipinski definition) is 0. The molecule has 2 aromatic rings. The fourth-order valence-electron chi connectivity index (χ4n) is 2.36. The molecule has 0 amide bonds. The second kappa shape index (κ2) is 7.57. The number of nitrogens with zero attached hydrogens (tertiary/aromatic N) is 1. The lowest BCUT2D eigenvalue weighted by atomic mass is 10.2. The number of carbonyl (C=O) groups excluding carboxylic acids is 1. The molecule has 0 radical (unpaired) electrons. The van der Waals surface area contributed by atoms with Gasteiger partial charge in [0.2, 0.25) is 10.0 Å². The third-order valence-electron chi connectivity index (χ3n) is 3.47. The van der Waals surface area contributed by atoms with Gasteiger partial charge in [-0.3, -0.25) is 4.79 Å². The van der Waals surface area contributed by atoms with Gasteiger partial charge in [-0.1, -0.05) is 13.8 Å². The second-order valence-corrected chi connectivity index (χ2v) is 7.19. The Hall–Kier alpha value is -1.92. The molecule has 2 rings (SSSR count). The molecule has 0 unspecified atom stereocenters. The molecule has 0 saturated carbocycles. The van der Waals surface area contributed by atoms with Crippen molar-refractivity contribution < 1.29 is 17.6 Å². The number of carbonyl (C=O) groups is 1. The summed E-state index contributed by atoms with van der Waals surface area (Å²) >= 11 is 0. The molecule has 1 aromatic carbocycles. The van der Waals surface area contributed by atoms with Crippen LogP contribution < -0.4 is 0 Å². The van der Waals surface area contributed by atoms with Crippen molar-refractivity contribution in [2.24, 2.45) is 0 Å². The number of furan rings is 1. The molecule has 0 aliphatic rings. The molecule has 6 heteroatoms. The maximum Gasteiger partial charge on any atom is 0.243 e. The van der Waals surface area contributed by atoms with Gasteiger partial charge in [0, 0.05) is 18.7 Å². The third-order valence-corrected chi connectivity index (χ3v) is 5.38. The summed E-state index contributed by atoms with van der Waals surface area (Å²) in [5.41, 5.74) is 0.731. The number of aldehydes is 1. The average molecular weight is 335 g/mol. The van der Waals surface area contributed by atoms with E-state index < -0.39 is 10.0 Å². The van der Waals surface area contributed by atoms with E-state index in [1.54, 1.807) is 36.4 Å². The zero-order valence-electron chi connectivity index (χ0n) is 13.4. The molecule has 5 nitrogen and oxygen atoms in total. The molecule has 0 aliphatic carbocycles. The highest BCUT2D eigenvalue weighted by molar-refractivity contribution is 7.89. The molecule has 0 spiro atoms. The van der Waals surface area contributed by atoms with Crippen LogP contribution in [-0.4, -0.2) is 32.1 Å². The van der Waals surface area contributed by atoms with Gasteiger partial charge in [-0.15, -0.1) is 0 Å². The quantitative estimate of drug-likeness (QED) is 0.692. The Morgan fingerprint density at radius 2 is 1.61 bits per heavy atom. The predicted molar refractivity (Wildman–Crippen MR) is 88.9 cm³/mol. The minimum absolute atomic E-state index is 0.244. The normalized spacial score (nSPS) is 11.8. The van der Waals surface area contributed by atoms with Crippen molar-refractivity contribution in [3.05, 3.63) is 42.2 Å². The van der Waals surface area contributed by atoms with Crippen molar-refractivity contribution in [2.45, 2.75) is 31.6 Å². The molecule has 1 heterocycles. The molecule has 124 valence electrons. The Balaban J connectivity index is 2.28. The minimum atomic E-state index is -3.48. The van der Waals surface area contributed by atoms with Crippen molar-refractivity contribution in [3.8, 4) is 11.3 Å². The summed E-state index contributed by atoms with van der Waals surface area (Å²) in [6.07, 6.45) is 2.19. The van der Waals surface area contributed by atoms with Gasteiger partial charge in [-0.25, -0.2) is 8.42 Å².